The second-order valence-corrected chi connectivity index (χ2v) is 11.0. The van der Waals surface area contributed by atoms with Crippen LogP contribution in [0.1, 0.15) is 103 Å². The summed E-state index contributed by atoms with van der Waals surface area (Å²) in [5.74, 6) is 5.77. The summed E-state index contributed by atoms with van der Waals surface area (Å²) >= 11 is 0. The highest BCUT2D eigenvalue weighted by Crippen LogP contribution is 2.28. The predicted molar refractivity (Wildman–Crippen MR) is 194 cm³/mol. The summed E-state index contributed by atoms with van der Waals surface area (Å²) in [7, 11) is 0. The quantitative estimate of drug-likeness (QED) is 0.137. The number of hydrogen-bond acceptors (Lipinski definition) is 0. The smallest absolute Gasteiger partial charge is 0.101 e. The third-order valence-electron chi connectivity index (χ3n) is 7.44. The van der Waals surface area contributed by atoms with Crippen molar-refractivity contribution in [2.75, 3.05) is 0 Å². The van der Waals surface area contributed by atoms with Crippen LogP contribution in [-0.4, -0.2) is 6.71 Å². The molecular formula is C41H55B. The first-order valence-corrected chi connectivity index (χ1v) is 15.9. The minimum atomic E-state index is 0.397. The molecule has 0 radical (unpaired) electrons. The average molecular weight is 559 g/mol. The summed E-state index contributed by atoms with van der Waals surface area (Å²) in [6.07, 6.45) is 19.8. The van der Waals surface area contributed by atoms with Gasteiger partial charge in [0.1, 0.15) is 0 Å². The fourth-order valence-corrected chi connectivity index (χ4v) is 4.92. The highest BCUT2D eigenvalue weighted by Gasteiger charge is 2.29. The lowest BCUT2D eigenvalue weighted by atomic mass is 9.38. The van der Waals surface area contributed by atoms with Gasteiger partial charge in [-0.2, -0.15) is 0 Å². The molecule has 2 aromatic carbocycles. The van der Waals surface area contributed by atoms with E-state index in [4.69, 9.17) is 0 Å². The van der Waals surface area contributed by atoms with E-state index in [0.29, 0.717) is 6.71 Å². The molecule has 1 aliphatic carbocycles. The Bertz CT molecular complexity index is 1270. The summed E-state index contributed by atoms with van der Waals surface area (Å²) in [5, 5.41) is 0. The van der Waals surface area contributed by atoms with Crippen molar-refractivity contribution in [2.45, 2.75) is 99.7 Å². The minimum Gasteiger partial charge on any atom is -0.101 e. The molecule has 1 saturated carbocycles. The fraction of sp³-hybridized carbons (Fsp3) is 0.366. The molecule has 0 unspecified atom stereocenters. The van der Waals surface area contributed by atoms with Crippen molar-refractivity contribution in [3.63, 3.8) is 0 Å². The number of allylic oxidation sites excluding steroid dienone is 8. The van der Waals surface area contributed by atoms with E-state index >= 15 is 0 Å². The standard InChI is InChI=1S/C21H25B.C12H12.C6H12.C2H6/c1-6-17(5)12-13-18(7-2)21-14-19-10-8-9-11-20(19)22(21)15-16(3)4;1-4-5-11(3)12-8-6-10(2)7-9-12;1-2-4-6-5-3-1;1-2/h7-14H,2-3,6,15H2,1,4-5H3;6-9H,3H2,1-2H3;1-6H2;1-2H3/b17-12-,18-13+;;;. The average Bonchev–Trinajstić information content (AvgIpc) is 3.37. The minimum absolute atomic E-state index is 0.397. The van der Waals surface area contributed by atoms with E-state index in [1.54, 1.807) is 0 Å². The Morgan fingerprint density at radius 1 is 0.881 bits per heavy atom. The molecule has 0 spiro atoms. The van der Waals surface area contributed by atoms with E-state index in [2.05, 4.69) is 114 Å². The lowest BCUT2D eigenvalue weighted by molar-refractivity contribution is 0.504. The molecule has 0 aromatic heterocycles. The maximum atomic E-state index is 4.11. The van der Waals surface area contributed by atoms with Gasteiger partial charge in [-0.1, -0.05) is 179 Å². The van der Waals surface area contributed by atoms with E-state index < -0.39 is 0 Å². The molecule has 222 valence electrons. The molecule has 0 atom stereocenters. The molecule has 2 aliphatic rings. The van der Waals surface area contributed by atoms with Crippen LogP contribution in [0.15, 0.2) is 109 Å². The van der Waals surface area contributed by atoms with Gasteiger partial charge < -0.3 is 0 Å². The monoisotopic (exact) mass is 558 g/mol. The largest absolute Gasteiger partial charge is 0.214 e. The summed E-state index contributed by atoms with van der Waals surface area (Å²) in [4.78, 5) is 0. The van der Waals surface area contributed by atoms with Gasteiger partial charge in [0.25, 0.3) is 0 Å². The molecule has 42 heavy (non-hydrogen) atoms. The highest BCUT2D eigenvalue weighted by atomic mass is 14.1. The molecule has 0 amide bonds. The van der Waals surface area contributed by atoms with Gasteiger partial charge in [0.15, 0.2) is 0 Å². The molecular weight excluding hydrogens is 503 g/mol. The molecule has 2 aromatic rings. The number of rotatable bonds is 7. The Labute approximate surface area is 260 Å². The van der Waals surface area contributed by atoms with Crippen molar-refractivity contribution in [1.29, 1.82) is 0 Å². The lowest BCUT2D eigenvalue weighted by Crippen LogP contribution is -2.30. The van der Waals surface area contributed by atoms with Gasteiger partial charge in [-0.25, -0.2) is 0 Å². The molecule has 0 N–H and O–H groups in total. The maximum Gasteiger partial charge on any atom is 0.214 e. The Kier molecular flexibility index (Phi) is 18.5. The molecule has 0 saturated heterocycles. The van der Waals surface area contributed by atoms with Crippen LogP contribution in [0.2, 0.25) is 6.32 Å². The zero-order valence-corrected chi connectivity index (χ0v) is 27.8. The first kappa shape index (κ1) is 36.5. The van der Waals surface area contributed by atoms with Crippen LogP contribution < -0.4 is 5.46 Å². The molecule has 1 aliphatic heterocycles. The summed E-state index contributed by atoms with van der Waals surface area (Å²) in [6, 6.07) is 16.9. The highest BCUT2D eigenvalue weighted by molar-refractivity contribution is 6.84. The molecule has 1 heteroatoms. The SMILES string of the molecule is C1CCCCC1.C=C(C#CC)c1ccc(C)cc1.C=C/C(=C\C=C(\C)CC)C1=Cc2ccccc2B1CC(=C)C.CC. The van der Waals surface area contributed by atoms with Crippen LogP contribution in [0.4, 0.5) is 0 Å². The molecule has 4 rings (SSSR count). The van der Waals surface area contributed by atoms with Gasteiger partial charge in [-0.05, 0) is 57.1 Å². The van der Waals surface area contributed by atoms with Gasteiger partial charge in [0, 0.05) is 5.57 Å². The fourth-order valence-electron chi connectivity index (χ4n) is 4.92. The van der Waals surface area contributed by atoms with Crippen LogP contribution in [0.25, 0.3) is 11.6 Å². The van der Waals surface area contributed by atoms with Gasteiger partial charge >= 0.3 is 0 Å². The normalized spacial score (nSPS) is 13.7. The van der Waals surface area contributed by atoms with Gasteiger partial charge in [0.05, 0.1) is 0 Å². The number of benzene rings is 2. The summed E-state index contributed by atoms with van der Waals surface area (Å²) in [6.45, 7) is 26.8. The van der Waals surface area contributed by atoms with Crippen LogP contribution in [-0.2, 0) is 0 Å². The van der Waals surface area contributed by atoms with Crippen LogP contribution in [0.3, 0.4) is 0 Å². The third-order valence-corrected chi connectivity index (χ3v) is 7.44. The zero-order chi connectivity index (χ0) is 31.3. The van der Waals surface area contributed by atoms with Crippen molar-refractivity contribution in [2.24, 2.45) is 0 Å². The van der Waals surface area contributed by atoms with Crippen LogP contribution in [0.5, 0.6) is 0 Å². The van der Waals surface area contributed by atoms with Crippen LogP contribution in [0, 0.1) is 18.8 Å². The van der Waals surface area contributed by atoms with Crippen molar-refractivity contribution in [3.8, 4) is 11.8 Å². The summed E-state index contributed by atoms with van der Waals surface area (Å²) in [5.41, 5.74) is 11.2. The van der Waals surface area contributed by atoms with Crippen LogP contribution >= 0.6 is 0 Å². The van der Waals surface area contributed by atoms with Gasteiger partial charge in [-0.15, -0.1) is 12.5 Å². The Morgan fingerprint density at radius 2 is 1.45 bits per heavy atom. The molecule has 1 fully saturated rings. The molecule has 0 nitrogen and oxygen atoms in total. The zero-order valence-electron chi connectivity index (χ0n) is 27.8. The van der Waals surface area contributed by atoms with E-state index in [0.717, 1.165) is 23.9 Å². The van der Waals surface area contributed by atoms with Crippen molar-refractivity contribution >= 4 is 23.8 Å². The second kappa shape index (κ2) is 21.2. The number of fused-ring (bicyclic) bond motifs is 1. The maximum absolute atomic E-state index is 4.11. The Morgan fingerprint density at radius 3 is 1.95 bits per heavy atom. The van der Waals surface area contributed by atoms with E-state index in [9.17, 15) is 0 Å². The summed E-state index contributed by atoms with van der Waals surface area (Å²) < 4.78 is 0. The first-order chi connectivity index (χ1) is 20.3. The van der Waals surface area contributed by atoms with Gasteiger partial charge in [0.2, 0.25) is 6.71 Å². The Balaban J connectivity index is 0.000000366. The van der Waals surface area contributed by atoms with E-state index in [-0.39, 0.29) is 0 Å². The first-order valence-electron chi connectivity index (χ1n) is 15.9. The number of aryl methyl sites for hydroxylation is 1. The molecule has 1 heterocycles. The van der Waals surface area contributed by atoms with Gasteiger partial charge in [-0.3, -0.25) is 0 Å². The van der Waals surface area contributed by atoms with E-state index in [1.807, 2.05) is 39.0 Å². The lowest BCUT2D eigenvalue weighted by Gasteiger charge is -2.14. The third kappa shape index (κ3) is 13.0. The Hall–Kier alpha value is -3.50. The topological polar surface area (TPSA) is 0 Å². The van der Waals surface area contributed by atoms with Crippen molar-refractivity contribution < 1.29 is 0 Å². The number of hydrogen-bond donors (Lipinski definition) is 0. The van der Waals surface area contributed by atoms with E-state index in [1.165, 1.54) is 77.3 Å². The molecule has 0 bridgehead atoms. The predicted octanol–water partition coefficient (Wildman–Crippen LogP) is 11.8. The van der Waals surface area contributed by atoms with Crippen molar-refractivity contribution in [3.05, 3.63) is 125 Å². The second-order valence-electron chi connectivity index (χ2n) is 11.0. The van der Waals surface area contributed by atoms with Crippen molar-refractivity contribution in [1.82, 2.24) is 0 Å².